The summed E-state index contributed by atoms with van der Waals surface area (Å²) in [5.74, 6) is -0.221. The van der Waals surface area contributed by atoms with Crippen LogP contribution in [0.5, 0.6) is 0 Å². The van der Waals surface area contributed by atoms with Gasteiger partial charge in [0.2, 0.25) is 0 Å². The number of nitrogens with one attached hydrogen (secondary N) is 1. The molecule has 32 heavy (non-hydrogen) atoms. The SMILES string of the molecule is COC(=O)CCCN1C(=S)N[C@H](c2ccccn2)[C@H]1c1cccn1-c1ccc(Cl)c(C)c1. The summed E-state index contributed by atoms with van der Waals surface area (Å²) < 4.78 is 6.96. The first kappa shape index (κ1) is 22.3. The summed E-state index contributed by atoms with van der Waals surface area (Å²) in [6.07, 6.45) is 4.81. The van der Waals surface area contributed by atoms with Gasteiger partial charge in [0.15, 0.2) is 5.11 Å². The Morgan fingerprint density at radius 1 is 1.25 bits per heavy atom. The van der Waals surface area contributed by atoms with Crippen LogP contribution >= 0.6 is 23.8 Å². The van der Waals surface area contributed by atoms with Crippen molar-refractivity contribution in [3.05, 3.63) is 82.9 Å². The third-order valence-corrected chi connectivity index (χ3v) is 6.48. The number of rotatable bonds is 7. The number of hydrogen-bond acceptors (Lipinski definition) is 4. The molecule has 1 N–H and O–H groups in total. The summed E-state index contributed by atoms with van der Waals surface area (Å²) in [5, 5.41) is 4.84. The van der Waals surface area contributed by atoms with Crippen molar-refractivity contribution in [2.75, 3.05) is 13.7 Å². The fraction of sp³-hybridized carbons (Fsp3) is 0.292. The number of nitrogens with zero attached hydrogens (tertiary/aromatic N) is 3. The molecule has 0 radical (unpaired) electrons. The summed E-state index contributed by atoms with van der Waals surface area (Å²) in [7, 11) is 1.41. The first-order chi connectivity index (χ1) is 15.5. The number of aromatic nitrogens is 2. The second-order valence-corrected chi connectivity index (χ2v) is 8.53. The number of methoxy groups -OCH3 is 1. The number of esters is 1. The second-order valence-electron chi connectivity index (χ2n) is 7.74. The molecule has 4 rings (SSSR count). The smallest absolute Gasteiger partial charge is 0.305 e. The largest absolute Gasteiger partial charge is 0.469 e. The fourth-order valence-corrected chi connectivity index (χ4v) is 4.56. The summed E-state index contributed by atoms with van der Waals surface area (Å²) >= 11 is 12.0. The van der Waals surface area contributed by atoms with Crippen molar-refractivity contribution >= 4 is 34.9 Å². The van der Waals surface area contributed by atoms with Crippen LogP contribution in [0.15, 0.2) is 60.9 Å². The van der Waals surface area contributed by atoms with E-state index in [4.69, 9.17) is 28.6 Å². The van der Waals surface area contributed by atoms with Gasteiger partial charge in [0.1, 0.15) is 0 Å². The van der Waals surface area contributed by atoms with Gasteiger partial charge in [0.05, 0.1) is 24.9 Å². The molecule has 0 amide bonds. The molecule has 3 aromatic rings. The zero-order valence-electron chi connectivity index (χ0n) is 18.0. The number of hydrogen-bond donors (Lipinski definition) is 1. The minimum absolute atomic E-state index is 0.0963. The first-order valence-electron chi connectivity index (χ1n) is 10.5. The van der Waals surface area contributed by atoms with E-state index in [1.807, 2.05) is 49.5 Å². The number of thiocarbonyl (C=S) groups is 1. The van der Waals surface area contributed by atoms with Crippen LogP contribution in [0.4, 0.5) is 0 Å². The lowest BCUT2D eigenvalue weighted by molar-refractivity contribution is -0.140. The van der Waals surface area contributed by atoms with E-state index in [9.17, 15) is 4.79 Å². The Balaban J connectivity index is 1.72. The molecular formula is C24H25ClN4O2S. The lowest BCUT2D eigenvalue weighted by Crippen LogP contribution is -2.31. The molecule has 1 fully saturated rings. The molecule has 3 heterocycles. The molecule has 1 aromatic carbocycles. The maximum Gasteiger partial charge on any atom is 0.305 e. The maximum absolute atomic E-state index is 11.6. The average Bonchev–Trinajstić information content (AvgIpc) is 3.40. The van der Waals surface area contributed by atoms with E-state index in [0.717, 1.165) is 27.7 Å². The van der Waals surface area contributed by atoms with Gasteiger partial charge < -0.3 is 19.5 Å². The van der Waals surface area contributed by atoms with Crippen molar-refractivity contribution in [1.82, 2.24) is 19.8 Å². The van der Waals surface area contributed by atoms with Gasteiger partial charge in [-0.15, -0.1) is 0 Å². The van der Waals surface area contributed by atoms with Gasteiger partial charge in [0, 0.05) is 41.8 Å². The zero-order valence-corrected chi connectivity index (χ0v) is 19.6. The third-order valence-electron chi connectivity index (χ3n) is 5.71. The van der Waals surface area contributed by atoms with Crippen LogP contribution in [-0.4, -0.2) is 39.2 Å². The topological polar surface area (TPSA) is 59.4 Å². The van der Waals surface area contributed by atoms with Gasteiger partial charge in [-0.05, 0) is 73.6 Å². The van der Waals surface area contributed by atoms with E-state index in [2.05, 4.69) is 31.9 Å². The van der Waals surface area contributed by atoms with Crippen LogP contribution in [0.25, 0.3) is 5.69 Å². The molecule has 166 valence electrons. The highest BCUT2D eigenvalue weighted by molar-refractivity contribution is 7.80. The van der Waals surface area contributed by atoms with Gasteiger partial charge in [0.25, 0.3) is 0 Å². The van der Waals surface area contributed by atoms with Crippen molar-refractivity contribution in [3.63, 3.8) is 0 Å². The Morgan fingerprint density at radius 2 is 2.09 bits per heavy atom. The molecule has 2 atom stereocenters. The Morgan fingerprint density at radius 3 is 2.81 bits per heavy atom. The standard InChI is InChI=1S/C24H25ClN4O2S/c1-16-15-17(10-11-18(16)25)28-13-5-8-20(28)23-22(19-7-3-4-12-26-19)27-24(32)29(23)14-6-9-21(30)31-2/h3-5,7-8,10-13,15,22-23H,6,9,14H2,1-2H3,(H,27,32)/t22-,23-/m1/s1. The molecule has 0 bridgehead atoms. The number of pyridine rings is 1. The molecule has 1 saturated heterocycles. The predicted octanol–water partition coefficient (Wildman–Crippen LogP) is 4.76. The molecular weight excluding hydrogens is 444 g/mol. The quantitative estimate of drug-likeness (QED) is 0.398. The molecule has 0 unspecified atom stereocenters. The Bertz CT molecular complexity index is 1120. The van der Waals surface area contributed by atoms with Crippen molar-refractivity contribution in [3.8, 4) is 5.69 Å². The molecule has 1 aliphatic rings. The molecule has 2 aromatic heterocycles. The predicted molar refractivity (Wildman–Crippen MR) is 129 cm³/mol. The number of carbonyl (C=O) groups is 1. The van der Waals surface area contributed by atoms with Crippen molar-refractivity contribution < 1.29 is 9.53 Å². The highest BCUT2D eigenvalue weighted by Crippen LogP contribution is 2.39. The van der Waals surface area contributed by atoms with Crippen LogP contribution < -0.4 is 5.32 Å². The summed E-state index contributed by atoms with van der Waals surface area (Å²) in [6, 6.07) is 15.8. The first-order valence-corrected chi connectivity index (χ1v) is 11.3. The highest BCUT2D eigenvalue weighted by atomic mass is 35.5. The second kappa shape index (κ2) is 9.71. The van der Waals surface area contributed by atoms with Gasteiger partial charge >= 0.3 is 5.97 Å². The summed E-state index contributed by atoms with van der Waals surface area (Å²) in [5.41, 5.74) is 4.03. The molecule has 8 heteroatoms. The molecule has 0 spiro atoms. The van der Waals surface area contributed by atoms with Gasteiger partial charge in [-0.1, -0.05) is 17.7 Å². The number of benzene rings is 1. The zero-order chi connectivity index (χ0) is 22.7. The van der Waals surface area contributed by atoms with Crippen LogP contribution in [0, 0.1) is 6.92 Å². The Labute approximate surface area is 198 Å². The number of ether oxygens (including phenoxy) is 1. The van der Waals surface area contributed by atoms with E-state index < -0.39 is 0 Å². The normalized spacial score (nSPS) is 18.0. The van der Waals surface area contributed by atoms with Crippen LogP contribution in [0.1, 0.15) is 41.9 Å². The number of aryl methyl sites for hydroxylation is 1. The summed E-state index contributed by atoms with van der Waals surface area (Å²) in [6.45, 7) is 2.62. The molecule has 6 nitrogen and oxygen atoms in total. The third kappa shape index (κ3) is 4.49. The molecule has 0 aliphatic carbocycles. The van der Waals surface area contributed by atoms with Crippen LogP contribution in [-0.2, 0) is 9.53 Å². The minimum atomic E-state index is -0.221. The van der Waals surface area contributed by atoms with Crippen LogP contribution in [0.3, 0.4) is 0 Å². The maximum atomic E-state index is 11.6. The van der Waals surface area contributed by atoms with Gasteiger partial charge in [-0.2, -0.15) is 0 Å². The van der Waals surface area contributed by atoms with Gasteiger partial charge in [-0.25, -0.2) is 0 Å². The Hall–Kier alpha value is -2.90. The number of halogens is 1. The van der Waals surface area contributed by atoms with E-state index in [1.165, 1.54) is 7.11 Å². The fourth-order valence-electron chi connectivity index (χ4n) is 4.11. The van der Waals surface area contributed by atoms with Gasteiger partial charge in [-0.3, -0.25) is 9.78 Å². The number of carbonyl (C=O) groups excluding carboxylic acids is 1. The lowest BCUT2D eigenvalue weighted by atomic mass is 10.0. The monoisotopic (exact) mass is 468 g/mol. The van der Waals surface area contributed by atoms with E-state index in [-0.39, 0.29) is 18.1 Å². The molecule has 1 aliphatic heterocycles. The Kier molecular flexibility index (Phi) is 6.77. The van der Waals surface area contributed by atoms with Crippen molar-refractivity contribution in [1.29, 1.82) is 0 Å². The van der Waals surface area contributed by atoms with Crippen LogP contribution in [0.2, 0.25) is 5.02 Å². The minimum Gasteiger partial charge on any atom is -0.469 e. The van der Waals surface area contributed by atoms with Crippen molar-refractivity contribution in [2.45, 2.75) is 31.8 Å². The lowest BCUT2D eigenvalue weighted by Gasteiger charge is -2.29. The molecule has 0 saturated carbocycles. The van der Waals surface area contributed by atoms with Crippen molar-refractivity contribution in [2.24, 2.45) is 0 Å². The average molecular weight is 469 g/mol. The summed E-state index contributed by atoms with van der Waals surface area (Å²) in [4.78, 5) is 18.4. The highest BCUT2D eigenvalue weighted by Gasteiger charge is 2.41. The van der Waals surface area contributed by atoms with E-state index in [0.29, 0.717) is 24.5 Å². The van der Waals surface area contributed by atoms with E-state index in [1.54, 1.807) is 6.20 Å². The van der Waals surface area contributed by atoms with E-state index >= 15 is 0 Å².